The van der Waals surface area contributed by atoms with Gasteiger partial charge in [-0.1, -0.05) is 56.1 Å². The van der Waals surface area contributed by atoms with Crippen LogP contribution in [-0.4, -0.2) is 15.9 Å². The van der Waals surface area contributed by atoms with E-state index in [1.165, 1.54) is 0 Å². The van der Waals surface area contributed by atoms with Gasteiger partial charge < -0.3 is 11.1 Å². The number of aromatic nitrogens is 2. The van der Waals surface area contributed by atoms with Crippen molar-refractivity contribution in [1.29, 1.82) is 0 Å². The molecule has 0 saturated heterocycles. The summed E-state index contributed by atoms with van der Waals surface area (Å²) in [5.41, 5.74) is 4.84. The van der Waals surface area contributed by atoms with Gasteiger partial charge in [-0.15, -0.1) is 0 Å². The highest BCUT2D eigenvalue weighted by Gasteiger charge is 2.21. The van der Waals surface area contributed by atoms with E-state index >= 15 is 0 Å². The maximum absolute atomic E-state index is 11.6. The monoisotopic (exact) mass is 340 g/mol. The topological polar surface area (TPSA) is 80.9 Å². The number of anilines is 2. The molecule has 0 radical (unpaired) electrons. The first-order valence-electron chi connectivity index (χ1n) is 6.50. The Labute approximate surface area is 139 Å². The standard InChI is InChI=1S/C10H13ClN2O.C5H5ClN2/c1-10(2,3)9(14)13-8-6-4-5-7(11)12-8;6-4-2-1-3-5(7)8-4/h4-6H,1-3H3,(H,12,13,14);1-3H,(H2,7,8). The summed E-state index contributed by atoms with van der Waals surface area (Å²) in [5.74, 6) is 0.863. The summed E-state index contributed by atoms with van der Waals surface area (Å²) in [5, 5.41) is 3.50. The number of hydrogen-bond donors (Lipinski definition) is 2. The molecule has 0 aromatic carbocycles. The van der Waals surface area contributed by atoms with E-state index in [1.54, 1.807) is 36.4 Å². The Morgan fingerprint density at radius 1 is 1.05 bits per heavy atom. The smallest absolute Gasteiger partial charge is 0.230 e. The molecule has 2 aromatic rings. The Balaban J connectivity index is 0.000000255. The number of hydrogen-bond acceptors (Lipinski definition) is 4. The predicted octanol–water partition coefficient (Wildman–Crippen LogP) is 4.04. The van der Waals surface area contributed by atoms with Crippen molar-refractivity contribution in [1.82, 2.24) is 9.97 Å². The SMILES string of the molecule is CC(C)(C)C(=O)Nc1cccc(Cl)n1.Nc1cccc(Cl)n1. The molecule has 0 bridgehead atoms. The van der Waals surface area contributed by atoms with E-state index < -0.39 is 5.41 Å². The lowest BCUT2D eigenvalue weighted by molar-refractivity contribution is -0.123. The van der Waals surface area contributed by atoms with E-state index in [2.05, 4.69) is 15.3 Å². The number of carbonyl (C=O) groups is 1. The molecule has 0 spiro atoms. The molecule has 0 unspecified atom stereocenters. The third-order valence-corrected chi connectivity index (χ3v) is 2.80. The molecule has 118 valence electrons. The lowest BCUT2D eigenvalue weighted by Crippen LogP contribution is -2.27. The molecule has 0 aliphatic carbocycles. The summed E-state index contributed by atoms with van der Waals surface area (Å²) in [6.45, 7) is 5.52. The molecule has 0 aliphatic rings. The van der Waals surface area contributed by atoms with Crippen molar-refractivity contribution in [3.63, 3.8) is 0 Å². The quantitative estimate of drug-likeness (QED) is 0.767. The molecular formula is C15H18Cl2N4O. The Hall–Kier alpha value is -1.85. The zero-order valence-corrected chi connectivity index (χ0v) is 14.1. The van der Waals surface area contributed by atoms with Gasteiger partial charge >= 0.3 is 0 Å². The molecule has 0 aliphatic heterocycles. The summed E-state index contributed by atoms with van der Waals surface area (Å²) in [6.07, 6.45) is 0. The van der Waals surface area contributed by atoms with Gasteiger partial charge in [-0.3, -0.25) is 4.79 Å². The van der Waals surface area contributed by atoms with Crippen LogP contribution in [-0.2, 0) is 4.79 Å². The minimum absolute atomic E-state index is 0.0766. The van der Waals surface area contributed by atoms with Crippen LogP contribution in [0.25, 0.3) is 0 Å². The minimum atomic E-state index is -0.427. The third kappa shape index (κ3) is 6.74. The number of nitrogens with zero attached hydrogens (tertiary/aromatic N) is 2. The average Bonchev–Trinajstić information content (AvgIpc) is 2.38. The first kappa shape index (κ1) is 18.2. The van der Waals surface area contributed by atoms with Gasteiger partial charge in [-0.25, -0.2) is 9.97 Å². The van der Waals surface area contributed by atoms with E-state index in [4.69, 9.17) is 28.9 Å². The van der Waals surface area contributed by atoms with Crippen molar-refractivity contribution < 1.29 is 4.79 Å². The predicted molar refractivity (Wildman–Crippen MR) is 91.0 cm³/mol. The van der Waals surface area contributed by atoms with Crippen molar-refractivity contribution in [2.24, 2.45) is 5.41 Å². The number of nitrogens with one attached hydrogen (secondary N) is 1. The summed E-state index contributed by atoms with van der Waals surface area (Å²) in [4.78, 5) is 19.2. The van der Waals surface area contributed by atoms with Crippen LogP contribution < -0.4 is 11.1 Å². The second-order valence-electron chi connectivity index (χ2n) is 5.43. The van der Waals surface area contributed by atoms with Crippen molar-refractivity contribution in [2.75, 3.05) is 11.1 Å². The maximum Gasteiger partial charge on any atom is 0.230 e. The molecule has 0 atom stereocenters. The Morgan fingerprint density at radius 2 is 1.59 bits per heavy atom. The second kappa shape index (κ2) is 7.96. The molecule has 7 heteroatoms. The van der Waals surface area contributed by atoms with Gasteiger partial charge in [0.15, 0.2) is 0 Å². The Bertz CT molecular complexity index is 624. The lowest BCUT2D eigenvalue weighted by Gasteiger charge is -2.16. The lowest BCUT2D eigenvalue weighted by atomic mass is 9.96. The van der Waals surface area contributed by atoms with E-state index in [-0.39, 0.29) is 5.91 Å². The summed E-state index contributed by atoms with van der Waals surface area (Å²) in [7, 11) is 0. The highest BCUT2D eigenvalue weighted by Crippen LogP contribution is 2.17. The van der Waals surface area contributed by atoms with Gasteiger partial charge in [0.1, 0.15) is 21.9 Å². The Morgan fingerprint density at radius 3 is 2.00 bits per heavy atom. The highest BCUT2D eigenvalue weighted by molar-refractivity contribution is 6.29. The van der Waals surface area contributed by atoms with Crippen LogP contribution in [0.5, 0.6) is 0 Å². The van der Waals surface area contributed by atoms with Crippen LogP contribution in [0.3, 0.4) is 0 Å². The average molecular weight is 341 g/mol. The number of pyridine rings is 2. The van der Waals surface area contributed by atoms with E-state index in [0.29, 0.717) is 21.9 Å². The van der Waals surface area contributed by atoms with Crippen LogP contribution in [0.2, 0.25) is 10.3 Å². The normalized spacial score (nSPS) is 10.4. The number of carbonyl (C=O) groups excluding carboxylic acids is 1. The zero-order valence-electron chi connectivity index (χ0n) is 12.6. The van der Waals surface area contributed by atoms with Gasteiger partial charge in [-0.05, 0) is 24.3 Å². The van der Waals surface area contributed by atoms with Crippen LogP contribution >= 0.6 is 23.2 Å². The number of rotatable bonds is 1. The Kier molecular flexibility index (Phi) is 6.59. The molecule has 0 saturated carbocycles. The molecule has 5 nitrogen and oxygen atoms in total. The van der Waals surface area contributed by atoms with E-state index in [1.807, 2.05) is 20.8 Å². The van der Waals surface area contributed by atoms with Crippen LogP contribution in [0.4, 0.5) is 11.6 Å². The number of nitrogens with two attached hydrogens (primary N) is 1. The van der Waals surface area contributed by atoms with Gasteiger partial charge in [0, 0.05) is 5.41 Å². The van der Waals surface area contributed by atoms with Gasteiger partial charge in [0.2, 0.25) is 5.91 Å². The first-order valence-corrected chi connectivity index (χ1v) is 7.26. The fraction of sp³-hybridized carbons (Fsp3) is 0.267. The van der Waals surface area contributed by atoms with Crippen LogP contribution in [0.15, 0.2) is 36.4 Å². The molecule has 2 heterocycles. The number of nitrogen functional groups attached to an aromatic ring is 1. The van der Waals surface area contributed by atoms with E-state index in [9.17, 15) is 4.79 Å². The molecule has 1 amide bonds. The second-order valence-corrected chi connectivity index (χ2v) is 6.21. The minimum Gasteiger partial charge on any atom is -0.384 e. The summed E-state index contributed by atoms with van der Waals surface area (Å²) in [6, 6.07) is 10.2. The molecule has 2 rings (SSSR count). The molecule has 22 heavy (non-hydrogen) atoms. The number of halogens is 2. The molecule has 2 aromatic heterocycles. The molecule has 0 fully saturated rings. The zero-order chi connectivity index (χ0) is 16.8. The van der Waals surface area contributed by atoms with Crippen LogP contribution in [0.1, 0.15) is 20.8 Å². The van der Waals surface area contributed by atoms with E-state index in [0.717, 1.165) is 0 Å². The fourth-order valence-electron chi connectivity index (χ4n) is 1.21. The highest BCUT2D eigenvalue weighted by atomic mass is 35.5. The fourth-order valence-corrected chi connectivity index (χ4v) is 1.54. The van der Waals surface area contributed by atoms with Crippen LogP contribution in [0, 0.1) is 5.41 Å². The van der Waals surface area contributed by atoms with Crippen molar-refractivity contribution in [2.45, 2.75) is 20.8 Å². The van der Waals surface area contributed by atoms with Gasteiger partial charge in [-0.2, -0.15) is 0 Å². The maximum atomic E-state index is 11.6. The third-order valence-electron chi connectivity index (χ3n) is 2.37. The first-order chi connectivity index (χ1) is 10.2. The van der Waals surface area contributed by atoms with Crippen molar-refractivity contribution >= 4 is 40.7 Å². The molecular weight excluding hydrogens is 323 g/mol. The van der Waals surface area contributed by atoms with Gasteiger partial charge in [0.05, 0.1) is 0 Å². The van der Waals surface area contributed by atoms with Crippen molar-refractivity contribution in [3.8, 4) is 0 Å². The largest absolute Gasteiger partial charge is 0.384 e. The summed E-state index contributed by atoms with van der Waals surface area (Å²) >= 11 is 11.1. The number of amides is 1. The molecule has 3 N–H and O–H groups in total. The van der Waals surface area contributed by atoms with Crippen molar-refractivity contribution in [3.05, 3.63) is 46.7 Å². The van der Waals surface area contributed by atoms with Gasteiger partial charge in [0.25, 0.3) is 0 Å². The summed E-state index contributed by atoms with van der Waals surface area (Å²) < 4.78 is 0.